The van der Waals surface area contributed by atoms with E-state index in [9.17, 15) is 15.0 Å². The number of ether oxygens (including phenoxy) is 2. The van der Waals surface area contributed by atoms with Crippen LogP contribution >= 0.6 is 15.9 Å². The van der Waals surface area contributed by atoms with Gasteiger partial charge in [0.15, 0.2) is 11.5 Å². The summed E-state index contributed by atoms with van der Waals surface area (Å²) < 4.78 is 10.9. The number of phenols is 2. The van der Waals surface area contributed by atoms with Crippen molar-refractivity contribution in [1.29, 1.82) is 0 Å². The molecule has 0 bridgehead atoms. The van der Waals surface area contributed by atoms with Crippen molar-refractivity contribution in [2.45, 2.75) is 12.5 Å². The number of phenolic OH excluding ortho intramolecular Hbond substituents is 2. The zero-order valence-corrected chi connectivity index (χ0v) is 18.6. The maximum atomic E-state index is 13.3. The minimum atomic E-state index is -0.487. The molecule has 0 radical (unpaired) electrons. The van der Waals surface area contributed by atoms with Crippen molar-refractivity contribution >= 4 is 21.8 Å². The van der Waals surface area contributed by atoms with Crippen molar-refractivity contribution in [3.63, 3.8) is 0 Å². The molecule has 0 aliphatic carbocycles. The molecule has 1 aromatic heterocycles. The second-order valence-corrected chi connectivity index (χ2v) is 8.03. The first-order valence-corrected chi connectivity index (χ1v) is 10.5. The molecule has 1 atom stereocenters. The fourth-order valence-corrected chi connectivity index (χ4v) is 4.40. The first-order chi connectivity index (χ1) is 15.0. The number of H-pyrrole nitrogens is 1. The van der Waals surface area contributed by atoms with E-state index in [1.54, 1.807) is 48.4 Å². The van der Waals surface area contributed by atoms with Gasteiger partial charge in [0.25, 0.3) is 5.91 Å². The first-order valence-electron chi connectivity index (χ1n) is 9.70. The van der Waals surface area contributed by atoms with Crippen molar-refractivity contribution in [1.82, 2.24) is 15.1 Å². The van der Waals surface area contributed by atoms with Crippen molar-refractivity contribution in [3.8, 4) is 28.5 Å². The van der Waals surface area contributed by atoms with Gasteiger partial charge in [0, 0.05) is 31.4 Å². The summed E-state index contributed by atoms with van der Waals surface area (Å²) in [7, 11) is 3.09. The molecule has 9 heteroatoms. The van der Waals surface area contributed by atoms with Crippen LogP contribution in [0.5, 0.6) is 17.2 Å². The number of rotatable bonds is 7. The summed E-state index contributed by atoms with van der Waals surface area (Å²) in [5.74, 6) is 0.156. The van der Waals surface area contributed by atoms with Crippen LogP contribution in [0.25, 0.3) is 11.3 Å². The molecule has 3 aromatic rings. The highest BCUT2D eigenvalue weighted by molar-refractivity contribution is 9.10. The van der Waals surface area contributed by atoms with Gasteiger partial charge >= 0.3 is 0 Å². The SMILES string of the molecule is COCCCN1C(=O)c2[nH]nc(-c3ccccc3O)c2[C@@H]1c1cc(Br)c(O)c(OC)c1. The molecule has 1 aliphatic heterocycles. The van der Waals surface area contributed by atoms with Crippen LogP contribution in [0.4, 0.5) is 0 Å². The Labute approximate surface area is 187 Å². The number of aromatic amines is 1. The summed E-state index contributed by atoms with van der Waals surface area (Å²) in [4.78, 5) is 15.0. The number of hydrogen-bond acceptors (Lipinski definition) is 6. The van der Waals surface area contributed by atoms with Gasteiger partial charge in [-0.05, 0) is 52.2 Å². The molecule has 0 saturated heterocycles. The molecular weight excluding hydrogens is 466 g/mol. The number of amides is 1. The Kier molecular flexibility index (Phi) is 5.88. The lowest BCUT2D eigenvalue weighted by molar-refractivity contribution is 0.0723. The lowest BCUT2D eigenvalue weighted by atomic mass is 9.95. The van der Waals surface area contributed by atoms with Crippen LogP contribution in [0.3, 0.4) is 0 Å². The molecule has 1 aliphatic rings. The largest absolute Gasteiger partial charge is 0.507 e. The van der Waals surface area contributed by atoms with Crippen LogP contribution in [-0.4, -0.2) is 58.6 Å². The van der Waals surface area contributed by atoms with Crippen molar-refractivity contribution in [2.75, 3.05) is 27.4 Å². The number of carbonyl (C=O) groups is 1. The van der Waals surface area contributed by atoms with Gasteiger partial charge in [-0.3, -0.25) is 9.89 Å². The number of nitrogens with one attached hydrogen (secondary N) is 1. The minimum absolute atomic E-state index is 0.0187. The van der Waals surface area contributed by atoms with E-state index >= 15 is 0 Å². The maximum absolute atomic E-state index is 13.3. The highest BCUT2D eigenvalue weighted by Gasteiger charge is 2.42. The van der Waals surface area contributed by atoms with Crippen molar-refractivity contribution in [2.24, 2.45) is 0 Å². The van der Waals surface area contributed by atoms with Gasteiger partial charge < -0.3 is 24.6 Å². The Morgan fingerprint density at radius 3 is 2.71 bits per heavy atom. The molecule has 8 nitrogen and oxygen atoms in total. The molecule has 3 N–H and O–H groups in total. The quantitative estimate of drug-likeness (QED) is 0.437. The number of hydrogen-bond donors (Lipinski definition) is 3. The summed E-state index contributed by atoms with van der Waals surface area (Å²) in [6, 6.07) is 9.85. The molecule has 1 amide bonds. The van der Waals surface area contributed by atoms with Gasteiger partial charge in [-0.25, -0.2) is 0 Å². The molecule has 0 unspecified atom stereocenters. The lowest BCUT2D eigenvalue weighted by Gasteiger charge is -2.27. The number of aromatic nitrogens is 2. The van der Waals surface area contributed by atoms with E-state index in [0.717, 1.165) is 5.56 Å². The number of nitrogens with zero attached hydrogens (tertiary/aromatic N) is 2. The second-order valence-electron chi connectivity index (χ2n) is 7.18. The van der Waals surface area contributed by atoms with E-state index in [4.69, 9.17) is 9.47 Å². The van der Waals surface area contributed by atoms with Crippen LogP contribution in [0.1, 0.15) is 34.1 Å². The van der Waals surface area contributed by atoms with Gasteiger partial charge in [0.2, 0.25) is 0 Å². The highest BCUT2D eigenvalue weighted by Crippen LogP contribution is 2.47. The Morgan fingerprint density at radius 2 is 2.00 bits per heavy atom. The number of benzene rings is 2. The van der Waals surface area contributed by atoms with E-state index < -0.39 is 6.04 Å². The number of aromatic hydroxyl groups is 2. The third-order valence-corrected chi connectivity index (χ3v) is 5.96. The minimum Gasteiger partial charge on any atom is -0.507 e. The first kappa shape index (κ1) is 21.2. The Balaban J connectivity index is 1.89. The zero-order chi connectivity index (χ0) is 22.1. The van der Waals surface area contributed by atoms with Gasteiger partial charge in [-0.2, -0.15) is 5.10 Å². The molecule has 31 heavy (non-hydrogen) atoms. The Morgan fingerprint density at radius 1 is 1.23 bits per heavy atom. The highest BCUT2D eigenvalue weighted by atomic mass is 79.9. The smallest absolute Gasteiger partial charge is 0.273 e. The summed E-state index contributed by atoms with van der Waals surface area (Å²) in [6.45, 7) is 0.971. The predicted molar refractivity (Wildman–Crippen MR) is 117 cm³/mol. The molecule has 0 fully saturated rings. The predicted octanol–water partition coefficient (Wildman–Crippen LogP) is 3.84. The van der Waals surface area contributed by atoms with Gasteiger partial charge in [0.1, 0.15) is 17.1 Å². The molecular formula is C22H22BrN3O5. The summed E-state index contributed by atoms with van der Waals surface area (Å²) in [5, 5.41) is 27.9. The molecule has 0 saturated carbocycles. The average Bonchev–Trinajstić information content (AvgIpc) is 3.30. The fraction of sp³-hybridized carbons (Fsp3) is 0.273. The van der Waals surface area contributed by atoms with Crippen LogP contribution in [0.2, 0.25) is 0 Å². The van der Waals surface area contributed by atoms with E-state index in [0.29, 0.717) is 46.6 Å². The summed E-state index contributed by atoms with van der Waals surface area (Å²) in [6.07, 6.45) is 0.652. The summed E-state index contributed by atoms with van der Waals surface area (Å²) >= 11 is 3.37. The number of carbonyl (C=O) groups excluding carboxylic acids is 1. The third kappa shape index (κ3) is 3.64. The van der Waals surface area contributed by atoms with Crippen LogP contribution in [-0.2, 0) is 4.74 Å². The van der Waals surface area contributed by atoms with Gasteiger partial charge in [-0.1, -0.05) is 12.1 Å². The Hall–Kier alpha value is -3.04. The maximum Gasteiger partial charge on any atom is 0.273 e. The van der Waals surface area contributed by atoms with Crippen molar-refractivity contribution in [3.05, 3.63) is 57.7 Å². The molecule has 2 heterocycles. The summed E-state index contributed by atoms with van der Waals surface area (Å²) in [5.41, 5.74) is 2.82. The fourth-order valence-electron chi connectivity index (χ4n) is 3.94. The number of para-hydroxylation sites is 1. The van der Waals surface area contributed by atoms with Crippen LogP contribution in [0.15, 0.2) is 40.9 Å². The number of methoxy groups -OCH3 is 2. The van der Waals surface area contributed by atoms with E-state index in [-0.39, 0.29) is 23.2 Å². The van der Waals surface area contributed by atoms with E-state index in [2.05, 4.69) is 26.1 Å². The molecule has 2 aromatic carbocycles. The monoisotopic (exact) mass is 487 g/mol. The van der Waals surface area contributed by atoms with Crippen LogP contribution in [0, 0.1) is 0 Å². The van der Waals surface area contributed by atoms with Crippen molar-refractivity contribution < 1.29 is 24.5 Å². The average molecular weight is 488 g/mol. The zero-order valence-electron chi connectivity index (χ0n) is 17.1. The normalized spacial score (nSPS) is 15.4. The number of fused-ring (bicyclic) bond motifs is 1. The van der Waals surface area contributed by atoms with Gasteiger partial charge in [-0.15, -0.1) is 0 Å². The molecule has 0 spiro atoms. The third-order valence-electron chi connectivity index (χ3n) is 5.36. The standard InChI is InChI=1S/C22H22BrN3O5/c1-30-9-5-8-26-20(12-10-14(23)21(28)16(11-12)31-2)17-18(24-25-19(17)22(26)29)13-6-3-4-7-15(13)27/h3-4,6-7,10-11,20,27-28H,5,8-9H2,1-2H3,(H,24,25)/t20-/m0/s1. The topological polar surface area (TPSA) is 108 Å². The molecule has 162 valence electrons. The lowest BCUT2D eigenvalue weighted by Crippen LogP contribution is -2.31. The second kappa shape index (κ2) is 8.60. The Bertz CT molecular complexity index is 1130. The van der Waals surface area contributed by atoms with E-state index in [1.807, 2.05) is 0 Å². The molecule has 4 rings (SSSR count). The van der Waals surface area contributed by atoms with E-state index in [1.165, 1.54) is 7.11 Å². The van der Waals surface area contributed by atoms with Crippen LogP contribution < -0.4 is 4.74 Å². The number of halogens is 1. The van der Waals surface area contributed by atoms with Gasteiger partial charge in [0.05, 0.1) is 17.6 Å².